The van der Waals surface area contributed by atoms with Crippen LogP contribution in [0.25, 0.3) is 0 Å². The lowest BCUT2D eigenvalue weighted by molar-refractivity contribution is 0.271. The van der Waals surface area contributed by atoms with E-state index in [1.165, 1.54) is 0 Å². The molecule has 2 unspecified atom stereocenters. The molecule has 78 valence electrons. The molecule has 5 nitrogen and oxygen atoms in total. The normalized spacial score (nSPS) is 23.1. The summed E-state index contributed by atoms with van der Waals surface area (Å²) in [6, 6.07) is -0.206. The van der Waals surface area contributed by atoms with Crippen molar-refractivity contribution >= 4 is 0 Å². The van der Waals surface area contributed by atoms with Gasteiger partial charge in [0.2, 0.25) is 5.89 Å². The standard InChI is InChI=1S/C9H16N4O/c1-5(10)7-12-8(14-13-7)9(2,11)6-3-4-6/h5-6H,3-4,10-11H2,1-2H3. The highest BCUT2D eigenvalue weighted by molar-refractivity contribution is 5.08. The van der Waals surface area contributed by atoms with Gasteiger partial charge in [0.15, 0.2) is 5.82 Å². The van der Waals surface area contributed by atoms with Gasteiger partial charge in [-0.2, -0.15) is 4.98 Å². The van der Waals surface area contributed by atoms with Crippen LogP contribution < -0.4 is 11.5 Å². The van der Waals surface area contributed by atoms with Gasteiger partial charge >= 0.3 is 0 Å². The molecule has 1 aromatic rings. The molecule has 0 amide bonds. The number of hydrogen-bond acceptors (Lipinski definition) is 5. The summed E-state index contributed by atoms with van der Waals surface area (Å²) in [5, 5.41) is 3.80. The first-order valence-corrected chi connectivity index (χ1v) is 4.90. The highest BCUT2D eigenvalue weighted by atomic mass is 16.5. The largest absolute Gasteiger partial charge is 0.337 e. The van der Waals surface area contributed by atoms with E-state index >= 15 is 0 Å². The maximum Gasteiger partial charge on any atom is 0.246 e. The van der Waals surface area contributed by atoms with Crippen LogP contribution >= 0.6 is 0 Å². The Morgan fingerprint density at radius 3 is 2.64 bits per heavy atom. The van der Waals surface area contributed by atoms with Crippen LogP contribution in [0.15, 0.2) is 4.52 Å². The second-order valence-electron chi connectivity index (χ2n) is 4.30. The number of rotatable bonds is 3. The maximum absolute atomic E-state index is 6.12. The molecule has 1 fully saturated rings. The molecule has 0 spiro atoms. The minimum absolute atomic E-state index is 0.206. The highest BCUT2D eigenvalue weighted by Crippen LogP contribution is 2.43. The maximum atomic E-state index is 6.12. The van der Waals surface area contributed by atoms with Gasteiger partial charge in [-0.1, -0.05) is 5.16 Å². The molecule has 1 aromatic heterocycles. The van der Waals surface area contributed by atoms with Crippen LogP contribution in [0, 0.1) is 5.92 Å². The predicted octanol–water partition coefficient (Wildman–Crippen LogP) is 0.673. The molecule has 2 atom stereocenters. The van der Waals surface area contributed by atoms with Crippen molar-refractivity contribution in [2.45, 2.75) is 38.3 Å². The zero-order valence-electron chi connectivity index (χ0n) is 8.53. The second kappa shape index (κ2) is 3.03. The zero-order chi connectivity index (χ0) is 10.3. The molecule has 5 heteroatoms. The van der Waals surface area contributed by atoms with E-state index in [4.69, 9.17) is 16.0 Å². The van der Waals surface area contributed by atoms with Gasteiger partial charge in [-0.3, -0.25) is 0 Å². The quantitative estimate of drug-likeness (QED) is 0.741. The van der Waals surface area contributed by atoms with E-state index < -0.39 is 5.54 Å². The third-order valence-corrected chi connectivity index (χ3v) is 2.74. The van der Waals surface area contributed by atoms with Crippen molar-refractivity contribution in [2.24, 2.45) is 17.4 Å². The third kappa shape index (κ3) is 1.53. The van der Waals surface area contributed by atoms with E-state index in [-0.39, 0.29) is 6.04 Å². The predicted molar refractivity (Wildman–Crippen MR) is 51.2 cm³/mol. The molecule has 1 heterocycles. The highest BCUT2D eigenvalue weighted by Gasteiger charge is 2.43. The van der Waals surface area contributed by atoms with Crippen molar-refractivity contribution in [3.8, 4) is 0 Å². The molecule has 1 saturated carbocycles. The molecule has 0 aromatic carbocycles. The van der Waals surface area contributed by atoms with Crippen molar-refractivity contribution in [1.29, 1.82) is 0 Å². The first kappa shape index (κ1) is 9.61. The number of nitrogens with two attached hydrogens (primary N) is 2. The summed E-state index contributed by atoms with van der Waals surface area (Å²) in [5.74, 6) is 1.51. The van der Waals surface area contributed by atoms with Gasteiger partial charge in [-0.15, -0.1) is 0 Å². The molecular weight excluding hydrogens is 180 g/mol. The van der Waals surface area contributed by atoms with Gasteiger partial charge in [0.05, 0.1) is 11.6 Å². The Labute approximate surface area is 82.8 Å². The van der Waals surface area contributed by atoms with Crippen LogP contribution in [-0.4, -0.2) is 10.1 Å². The Bertz CT molecular complexity index is 327. The first-order valence-electron chi connectivity index (χ1n) is 4.90. The van der Waals surface area contributed by atoms with Crippen molar-refractivity contribution in [3.05, 3.63) is 11.7 Å². The molecule has 0 saturated heterocycles. The summed E-state index contributed by atoms with van der Waals surface area (Å²) in [6.45, 7) is 3.75. The molecule has 0 aliphatic heterocycles. The molecule has 0 radical (unpaired) electrons. The molecule has 4 N–H and O–H groups in total. The van der Waals surface area contributed by atoms with Gasteiger partial charge in [0, 0.05) is 0 Å². The molecule has 0 bridgehead atoms. The van der Waals surface area contributed by atoms with Crippen molar-refractivity contribution in [3.63, 3.8) is 0 Å². The van der Waals surface area contributed by atoms with Crippen LogP contribution in [0.3, 0.4) is 0 Å². The number of nitrogens with zero attached hydrogens (tertiary/aromatic N) is 2. The van der Waals surface area contributed by atoms with Crippen molar-refractivity contribution in [1.82, 2.24) is 10.1 Å². The second-order valence-corrected chi connectivity index (χ2v) is 4.30. The fourth-order valence-electron chi connectivity index (χ4n) is 1.50. The average molecular weight is 196 g/mol. The Kier molecular flexibility index (Phi) is 2.08. The van der Waals surface area contributed by atoms with E-state index in [0.717, 1.165) is 12.8 Å². The summed E-state index contributed by atoms with van der Waals surface area (Å²) < 4.78 is 5.13. The fraction of sp³-hybridized carbons (Fsp3) is 0.778. The van der Waals surface area contributed by atoms with E-state index in [1.54, 1.807) is 0 Å². The van der Waals surface area contributed by atoms with Crippen LogP contribution in [0.4, 0.5) is 0 Å². The van der Waals surface area contributed by atoms with E-state index in [2.05, 4.69) is 10.1 Å². The van der Waals surface area contributed by atoms with E-state index in [1.807, 2.05) is 13.8 Å². The summed E-state index contributed by atoms with van der Waals surface area (Å²) >= 11 is 0. The average Bonchev–Trinajstić information content (AvgIpc) is 2.82. The van der Waals surface area contributed by atoms with Gasteiger partial charge < -0.3 is 16.0 Å². The lowest BCUT2D eigenvalue weighted by Gasteiger charge is -2.18. The molecule has 1 aliphatic carbocycles. The fourth-order valence-corrected chi connectivity index (χ4v) is 1.50. The Hall–Kier alpha value is -0.940. The van der Waals surface area contributed by atoms with Crippen LogP contribution in [0.5, 0.6) is 0 Å². The Morgan fingerprint density at radius 1 is 1.57 bits per heavy atom. The van der Waals surface area contributed by atoms with Crippen LogP contribution in [0.1, 0.15) is 44.4 Å². The number of hydrogen-bond donors (Lipinski definition) is 2. The van der Waals surface area contributed by atoms with Crippen molar-refractivity contribution < 1.29 is 4.52 Å². The minimum atomic E-state index is -0.486. The van der Waals surface area contributed by atoms with Gasteiger partial charge in [-0.05, 0) is 32.6 Å². The summed E-state index contributed by atoms with van der Waals surface area (Å²) in [5.41, 5.74) is 11.3. The third-order valence-electron chi connectivity index (χ3n) is 2.74. The van der Waals surface area contributed by atoms with Crippen LogP contribution in [-0.2, 0) is 5.54 Å². The van der Waals surface area contributed by atoms with E-state index in [9.17, 15) is 0 Å². The lowest BCUT2D eigenvalue weighted by atomic mass is 9.97. The lowest BCUT2D eigenvalue weighted by Crippen LogP contribution is -2.35. The minimum Gasteiger partial charge on any atom is -0.337 e. The SMILES string of the molecule is CC(N)c1noc(C(C)(N)C2CC2)n1. The van der Waals surface area contributed by atoms with E-state index in [0.29, 0.717) is 17.6 Å². The Morgan fingerprint density at radius 2 is 2.21 bits per heavy atom. The van der Waals surface area contributed by atoms with Gasteiger partial charge in [-0.25, -0.2) is 0 Å². The van der Waals surface area contributed by atoms with Gasteiger partial charge in [0.25, 0.3) is 0 Å². The summed E-state index contributed by atoms with van der Waals surface area (Å²) in [6.07, 6.45) is 2.28. The smallest absolute Gasteiger partial charge is 0.246 e. The summed E-state index contributed by atoms with van der Waals surface area (Å²) in [4.78, 5) is 4.21. The molecule has 14 heavy (non-hydrogen) atoms. The molecule has 1 aliphatic rings. The number of aromatic nitrogens is 2. The van der Waals surface area contributed by atoms with Crippen molar-refractivity contribution in [2.75, 3.05) is 0 Å². The Balaban J connectivity index is 2.23. The molecular formula is C9H16N4O. The van der Waals surface area contributed by atoms with Gasteiger partial charge in [0.1, 0.15) is 0 Å². The summed E-state index contributed by atoms with van der Waals surface area (Å²) in [7, 11) is 0. The van der Waals surface area contributed by atoms with Crippen LogP contribution in [0.2, 0.25) is 0 Å². The monoisotopic (exact) mass is 196 g/mol. The zero-order valence-corrected chi connectivity index (χ0v) is 8.53. The first-order chi connectivity index (χ1) is 6.51. The molecule has 2 rings (SSSR count). The topological polar surface area (TPSA) is 91.0 Å².